The zero-order chi connectivity index (χ0) is 14.5. The molecule has 20 heavy (non-hydrogen) atoms. The maximum atomic E-state index is 12.2. The van der Waals surface area contributed by atoms with E-state index in [1.807, 2.05) is 62.7 Å². The lowest BCUT2D eigenvalue weighted by Gasteiger charge is -2.09. The molecular weight excluding hydrogens is 268 g/mol. The van der Waals surface area contributed by atoms with Crippen molar-refractivity contribution >= 4 is 29.0 Å². The van der Waals surface area contributed by atoms with E-state index in [1.54, 1.807) is 11.8 Å². The average Bonchev–Trinajstić information content (AvgIpc) is 2.48. The quantitative estimate of drug-likeness (QED) is 0.834. The summed E-state index contributed by atoms with van der Waals surface area (Å²) in [5.41, 5.74) is 3.56. The van der Waals surface area contributed by atoms with E-state index in [0.717, 1.165) is 16.9 Å². The van der Waals surface area contributed by atoms with Gasteiger partial charge in [-0.15, -0.1) is 11.8 Å². The number of rotatable bonds is 4. The normalized spacial score (nSPS) is 10.2. The van der Waals surface area contributed by atoms with Crippen LogP contribution in [-0.2, 0) is 0 Å². The largest absolute Gasteiger partial charge is 0.388 e. The van der Waals surface area contributed by atoms with E-state index in [2.05, 4.69) is 10.6 Å². The molecule has 0 saturated carbocycles. The van der Waals surface area contributed by atoms with Gasteiger partial charge in [0.15, 0.2) is 0 Å². The number of nitrogens with one attached hydrogen (secondary N) is 2. The van der Waals surface area contributed by atoms with Crippen molar-refractivity contribution in [1.29, 1.82) is 0 Å². The van der Waals surface area contributed by atoms with Crippen molar-refractivity contribution in [1.82, 2.24) is 0 Å². The number of aryl methyl sites for hydroxylation is 1. The highest BCUT2D eigenvalue weighted by Gasteiger charge is 2.07. The Hall–Kier alpha value is -1.94. The zero-order valence-electron chi connectivity index (χ0n) is 11.9. The number of hydrogen-bond acceptors (Lipinski definition) is 3. The number of amides is 1. The highest BCUT2D eigenvalue weighted by atomic mass is 32.2. The summed E-state index contributed by atoms with van der Waals surface area (Å²) in [6, 6.07) is 13.4. The minimum atomic E-state index is -0.0901. The van der Waals surface area contributed by atoms with Gasteiger partial charge in [0.2, 0.25) is 0 Å². The van der Waals surface area contributed by atoms with Crippen molar-refractivity contribution in [2.75, 3.05) is 23.9 Å². The first-order valence-electron chi connectivity index (χ1n) is 6.38. The van der Waals surface area contributed by atoms with E-state index in [1.165, 1.54) is 4.90 Å². The standard InChI is InChI=1S/C16H18N2OS/c1-11-10-12(4-9-15(11)17-2)16(19)18-13-5-7-14(20-3)8-6-13/h4-10,17H,1-3H3,(H,18,19). The van der Waals surface area contributed by atoms with E-state index >= 15 is 0 Å². The van der Waals surface area contributed by atoms with Gasteiger partial charge in [0.1, 0.15) is 0 Å². The zero-order valence-corrected chi connectivity index (χ0v) is 12.7. The molecule has 0 atom stereocenters. The van der Waals surface area contributed by atoms with Crippen LogP contribution in [0.4, 0.5) is 11.4 Å². The van der Waals surface area contributed by atoms with Gasteiger partial charge < -0.3 is 10.6 Å². The van der Waals surface area contributed by atoms with E-state index in [0.29, 0.717) is 5.56 Å². The molecule has 2 aromatic carbocycles. The Morgan fingerprint density at radius 1 is 1.10 bits per heavy atom. The second kappa shape index (κ2) is 6.48. The molecule has 0 aliphatic heterocycles. The fraction of sp³-hybridized carbons (Fsp3) is 0.188. The van der Waals surface area contributed by atoms with Crippen LogP contribution < -0.4 is 10.6 Å². The van der Waals surface area contributed by atoms with Gasteiger partial charge in [-0.3, -0.25) is 4.79 Å². The van der Waals surface area contributed by atoms with Gasteiger partial charge in [-0.25, -0.2) is 0 Å². The van der Waals surface area contributed by atoms with Gasteiger partial charge in [0.25, 0.3) is 5.91 Å². The summed E-state index contributed by atoms with van der Waals surface area (Å²) in [5, 5.41) is 6.00. The summed E-state index contributed by atoms with van der Waals surface area (Å²) in [6.07, 6.45) is 2.03. The van der Waals surface area contributed by atoms with Crippen molar-refractivity contribution in [3.05, 3.63) is 53.6 Å². The first kappa shape index (κ1) is 14.5. The van der Waals surface area contributed by atoms with Crippen molar-refractivity contribution in [3.8, 4) is 0 Å². The Labute approximate surface area is 123 Å². The van der Waals surface area contributed by atoms with Crippen LogP contribution in [0.25, 0.3) is 0 Å². The Morgan fingerprint density at radius 2 is 1.80 bits per heavy atom. The molecule has 104 valence electrons. The Morgan fingerprint density at radius 3 is 2.35 bits per heavy atom. The SMILES string of the molecule is CNc1ccc(C(=O)Nc2ccc(SC)cc2)cc1C. The predicted molar refractivity (Wildman–Crippen MR) is 86.9 cm³/mol. The molecule has 0 heterocycles. The third-order valence-corrected chi connectivity index (χ3v) is 3.85. The van der Waals surface area contributed by atoms with Crippen LogP contribution in [0.1, 0.15) is 15.9 Å². The third kappa shape index (κ3) is 3.33. The van der Waals surface area contributed by atoms with Gasteiger partial charge in [0, 0.05) is 28.9 Å². The number of carbonyl (C=O) groups is 1. The smallest absolute Gasteiger partial charge is 0.255 e. The van der Waals surface area contributed by atoms with Crippen LogP contribution in [0, 0.1) is 6.92 Å². The highest BCUT2D eigenvalue weighted by molar-refractivity contribution is 7.98. The second-order valence-corrected chi connectivity index (χ2v) is 5.34. The fourth-order valence-electron chi connectivity index (χ4n) is 1.96. The summed E-state index contributed by atoms with van der Waals surface area (Å²) >= 11 is 1.68. The first-order valence-corrected chi connectivity index (χ1v) is 7.60. The van der Waals surface area contributed by atoms with Crippen LogP contribution in [-0.4, -0.2) is 19.2 Å². The molecule has 3 nitrogen and oxygen atoms in total. The number of thioether (sulfide) groups is 1. The molecule has 2 N–H and O–H groups in total. The lowest BCUT2D eigenvalue weighted by atomic mass is 10.1. The monoisotopic (exact) mass is 286 g/mol. The Kier molecular flexibility index (Phi) is 4.69. The number of carbonyl (C=O) groups excluding carboxylic acids is 1. The molecule has 0 aliphatic carbocycles. The van der Waals surface area contributed by atoms with Crippen LogP contribution in [0.5, 0.6) is 0 Å². The van der Waals surface area contributed by atoms with Gasteiger partial charge in [-0.2, -0.15) is 0 Å². The second-order valence-electron chi connectivity index (χ2n) is 4.46. The summed E-state index contributed by atoms with van der Waals surface area (Å²) in [5.74, 6) is -0.0901. The summed E-state index contributed by atoms with van der Waals surface area (Å²) in [7, 11) is 1.87. The van der Waals surface area contributed by atoms with Gasteiger partial charge in [0.05, 0.1) is 0 Å². The van der Waals surface area contributed by atoms with Gasteiger partial charge >= 0.3 is 0 Å². The third-order valence-electron chi connectivity index (χ3n) is 3.11. The maximum Gasteiger partial charge on any atom is 0.255 e. The molecule has 0 unspecified atom stereocenters. The molecule has 0 aromatic heterocycles. The maximum absolute atomic E-state index is 12.2. The molecule has 0 aliphatic rings. The summed E-state index contributed by atoms with van der Waals surface area (Å²) in [4.78, 5) is 13.4. The Balaban J connectivity index is 2.12. The van der Waals surface area contributed by atoms with E-state index < -0.39 is 0 Å². The van der Waals surface area contributed by atoms with E-state index in [-0.39, 0.29) is 5.91 Å². The average molecular weight is 286 g/mol. The Bertz CT molecular complexity index is 608. The van der Waals surface area contributed by atoms with Crippen LogP contribution in [0.2, 0.25) is 0 Å². The molecule has 2 aromatic rings. The van der Waals surface area contributed by atoms with Crippen LogP contribution >= 0.6 is 11.8 Å². The molecule has 2 rings (SSSR count). The molecule has 1 amide bonds. The molecule has 0 fully saturated rings. The predicted octanol–water partition coefficient (Wildman–Crippen LogP) is 4.01. The van der Waals surface area contributed by atoms with E-state index in [4.69, 9.17) is 0 Å². The topological polar surface area (TPSA) is 41.1 Å². The number of benzene rings is 2. The highest BCUT2D eigenvalue weighted by Crippen LogP contribution is 2.19. The van der Waals surface area contributed by atoms with Crippen LogP contribution in [0.3, 0.4) is 0 Å². The molecule has 0 radical (unpaired) electrons. The van der Waals surface area contributed by atoms with E-state index in [9.17, 15) is 4.79 Å². The summed E-state index contributed by atoms with van der Waals surface area (Å²) in [6.45, 7) is 1.98. The first-order chi connectivity index (χ1) is 9.63. The van der Waals surface area contributed by atoms with Crippen molar-refractivity contribution in [3.63, 3.8) is 0 Å². The number of anilines is 2. The lowest BCUT2D eigenvalue weighted by molar-refractivity contribution is 0.102. The minimum Gasteiger partial charge on any atom is -0.388 e. The minimum absolute atomic E-state index is 0.0901. The van der Waals surface area contributed by atoms with Gasteiger partial charge in [-0.1, -0.05) is 0 Å². The van der Waals surface area contributed by atoms with Crippen LogP contribution in [0.15, 0.2) is 47.4 Å². The molecule has 0 bridgehead atoms. The van der Waals surface area contributed by atoms with Gasteiger partial charge in [-0.05, 0) is 61.2 Å². The van der Waals surface area contributed by atoms with Crippen molar-refractivity contribution < 1.29 is 4.79 Å². The summed E-state index contributed by atoms with van der Waals surface area (Å²) < 4.78 is 0. The number of hydrogen-bond donors (Lipinski definition) is 2. The molecule has 0 saturated heterocycles. The fourth-order valence-corrected chi connectivity index (χ4v) is 2.37. The molecular formula is C16H18N2OS. The molecule has 0 spiro atoms. The lowest BCUT2D eigenvalue weighted by Crippen LogP contribution is -2.12. The van der Waals surface area contributed by atoms with Crippen molar-refractivity contribution in [2.45, 2.75) is 11.8 Å². The molecule has 4 heteroatoms. The van der Waals surface area contributed by atoms with Crippen molar-refractivity contribution in [2.24, 2.45) is 0 Å².